The Balaban J connectivity index is 2.13. The van der Waals surface area contributed by atoms with Gasteiger partial charge in [0.1, 0.15) is 11.6 Å². The summed E-state index contributed by atoms with van der Waals surface area (Å²) in [6.45, 7) is 0. The Bertz CT molecular complexity index is 649. The molecule has 3 aromatic carbocycles. The largest absolute Gasteiger partial charge is 0.207 e. The Morgan fingerprint density at radius 3 is 1.80 bits per heavy atom. The Morgan fingerprint density at radius 1 is 0.650 bits per heavy atom. The smallest absolute Gasteiger partial charge is 0.123 e. The van der Waals surface area contributed by atoms with Gasteiger partial charge in [0.05, 0.1) is 0 Å². The summed E-state index contributed by atoms with van der Waals surface area (Å²) < 4.78 is 26.0. The zero-order chi connectivity index (χ0) is 13.9. The number of benzene rings is 3. The molecule has 0 nitrogen and oxygen atoms in total. The average Bonchev–Trinajstić information content (AvgIpc) is 2.49. The lowest BCUT2D eigenvalue weighted by atomic mass is 9.95. The minimum absolute atomic E-state index is 0.267. The highest BCUT2D eigenvalue weighted by molar-refractivity contribution is 5.82. The molecule has 0 aromatic heterocycles. The van der Waals surface area contributed by atoms with E-state index in [4.69, 9.17) is 0 Å². The summed E-state index contributed by atoms with van der Waals surface area (Å²) in [6, 6.07) is 21.4. The monoisotopic (exact) mass is 265 g/mol. The van der Waals surface area contributed by atoms with Crippen molar-refractivity contribution < 1.29 is 8.78 Å². The Morgan fingerprint density at radius 2 is 1.20 bits per heavy atom. The van der Waals surface area contributed by atoms with Crippen molar-refractivity contribution in [3.8, 4) is 22.3 Å². The van der Waals surface area contributed by atoms with Gasteiger partial charge in [-0.05, 0) is 52.6 Å². The lowest BCUT2D eigenvalue weighted by Gasteiger charge is -2.09. The van der Waals surface area contributed by atoms with Crippen molar-refractivity contribution >= 4 is 0 Å². The van der Waals surface area contributed by atoms with Crippen LogP contribution in [0.2, 0.25) is 0 Å². The van der Waals surface area contributed by atoms with E-state index in [0.717, 1.165) is 22.3 Å². The molecule has 0 unspecified atom stereocenters. The summed E-state index contributed by atoms with van der Waals surface area (Å²) in [5, 5.41) is 0. The van der Waals surface area contributed by atoms with E-state index < -0.39 is 0 Å². The van der Waals surface area contributed by atoms with Gasteiger partial charge in [0, 0.05) is 0 Å². The Hall–Kier alpha value is -2.48. The topological polar surface area (TPSA) is 0 Å². The van der Waals surface area contributed by atoms with E-state index in [-0.39, 0.29) is 11.6 Å². The van der Waals surface area contributed by atoms with Gasteiger partial charge in [-0.25, -0.2) is 8.78 Å². The minimum Gasteiger partial charge on any atom is -0.207 e. The molecule has 0 saturated heterocycles. The summed E-state index contributed by atoms with van der Waals surface area (Å²) in [5.74, 6) is -0.537. The molecule has 0 aliphatic heterocycles. The van der Waals surface area contributed by atoms with Crippen LogP contribution in [-0.4, -0.2) is 0 Å². The molecule has 20 heavy (non-hydrogen) atoms. The summed E-state index contributed by atoms with van der Waals surface area (Å²) in [5.41, 5.74) is 3.60. The first-order chi connectivity index (χ1) is 9.74. The van der Waals surface area contributed by atoms with E-state index in [1.54, 1.807) is 24.3 Å². The number of hydrogen-bond donors (Lipinski definition) is 0. The van der Waals surface area contributed by atoms with Crippen molar-refractivity contribution in [2.24, 2.45) is 0 Å². The molecule has 3 aromatic rings. The normalized spacial score (nSPS) is 10.5. The van der Waals surface area contributed by atoms with Crippen LogP contribution in [0.4, 0.5) is 8.78 Å². The molecule has 0 heterocycles. The van der Waals surface area contributed by atoms with Crippen molar-refractivity contribution in [3.63, 3.8) is 0 Å². The van der Waals surface area contributed by atoms with Crippen molar-refractivity contribution in [1.82, 2.24) is 0 Å². The minimum atomic E-state index is -0.270. The SMILES string of the molecule is Fc1ccc(-c2[c]cccc2-c2ccc(F)cc2)cc1. The molecule has 0 bridgehead atoms. The first-order valence-corrected chi connectivity index (χ1v) is 6.26. The predicted octanol–water partition coefficient (Wildman–Crippen LogP) is 5.10. The fourth-order valence-electron chi connectivity index (χ4n) is 2.16. The molecular formula is C18H11F2. The highest BCUT2D eigenvalue weighted by Crippen LogP contribution is 2.31. The van der Waals surface area contributed by atoms with E-state index >= 15 is 0 Å². The molecule has 0 aliphatic carbocycles. The van der Waals surface area contributed by atoms with Crippen LogP contribution in [0.15, 0.2) is 66.7 Å². The van der Waals surface area contributed by atoms with E-state index in [9.17, 15) is 8.78 Å². The fraction of sp³-hybridized carbons (Fsp3) is 0. The van der Waals surface area contributed by atoms with Crippen molar-refractivity contribution in [1.29, 1.82) is 0 Å². The summed E-state index contributed by atoms with van der Waals surface area (Å²) >= 11 is 0. The summed E-state index contributed by atoms with van der Waals surface area (Å²) in [6.07, 6.45) is 0. The van der Waals surface area contributed by atoms with Crippen LogP contribution in [-0.2, 0) is 0 Å². The highest BCUT2D eigenvalue weighted by Gasteiger charge is 2.07. The highest BCUT2D eigenvalue weighted by atomic mass is 19.1. The third kappa shape index (κ3) is 2.45. The van der Waals surface area contributed by atoms with E-state index in [2.05, 4.69) is 6.07 Å². The molecular weight excluding hydrogens is 254 g/mol. The Kier molecular flexibility index (Phi) is 3.30. The van der Waals surface area contributed by atoms with E-state index in [1.807, 2.05) is 18.2 Å². The van der Waals surface area contributed by atoms with Gasteiger partial charge in [-0.3, -0.25) is 0 Å². The third-order valence-corrected chi connectivity index (χ3v) is 3.14. The third-order valence-electron chi connectivity index (χ3n) is 3.14. The summed E-state index contributed by atoms with van der Waals surface area (Å²) in [7, 11) is 0. The molecule has 1 radical (unpaired) electrons. The second kappa shape index (κ2) is 5.25. The Labute approximate surface area is 116 Å². The van der Waals surface area contributed by atoms with Crippen LogP contribution in [0.5, 0.6) is 0 Å². The van der Waals surface area contributed by atoms with Gasteiger partial charge in [-0.1, -0.05) is 42.5 Å². The predicted molar refractivity (Wildman–Crippen MR) is 76.1 cm³/mol. The van der Waals surface area contributed by atoms with Gasteiger partial charge in [0.2, 0.25) is 0 Å². The van der Waals surface area contributed by atoms with Crippen LogP contribution in [0, 0.1) is 17.7 Å². The lowest BCUT2D eigenvalue weighted by Crippen LogP contribution is -1.86. The van der Waals surface area contributed by atoms with Gasteiger partial charge in [-0.15, -0.1) is 0 Å². The van der Waals surface area contributed by atoms with Crippen molar-refractivity contribution in [2.75, 3.05) is 0 Å². The first-order valence-electron chi connectivity index (χ1n) is 6.26. The molecule has 0 spiro atoms. The zero-order valence-electron chi connectivity index (χ0n) is 10.6. The second-order valence-corrected chi connectivity index (χ2v) is 4.47. The lowest BCUT2D eigenvalue weighted by molar-refractivity contribution is 0.627. The fourth-order valence-corrected chi connectivity index (χ4v) is 2.16. The molecule has 0 aliphatic rings. The molecule has 2 heteroatoms. The quantitative estimate of drug-likeness (QED) is 0.604. The molecule has 97 valence electrons. The molecule has 0 N–H and O–H groups in total. The van der Waals surface area contributed by atoms with Gasteiger partial charge >= 0.3 is 0 Å². The zero-order valence-corrected chi connectivity index (χ0v) is 10.6. The van der Waals surface area contributed by atoms with Crippen LogP contribution in [0.25, 0.3) is 22.3 Å². The maximum Gasteiger partial charge on any atom is 0.123 e. The second-order valence-electron chi connectivity index (χ2n) is 4.47. The van der Waals surface area contributed by atoms with Gasteiger partial charge in [-0.2, -0.15) is 0 Å². The van der Waals surface area contributed by atoms with Crippen LogP contribution < -0.4 is 0 Å². The maximum absolute atomic E-state index is 13.0. The van der Waals surface area contributed by atoms with Gasteiger partial charge in [0.15, 0.2) is 0 Å². The van der Waals surface area contributed by atoms with Crippen LogP contribution >= 0.6 is 0 Å². The standard InChI is InChI=1S/C18H11F2/c19-15-9-5-13(6-10-15)17-3-1-2-4-18(17)14-7-11-16(20)12-8-14/h1-3,5-12H. The van der Waals surface area contributed by atoms with Gasteiger partial charge in [0.25, 0.3) is 0 Å². The van der Waals surface area contributed by atoms with Crippen molar-refractivity contribution in [3.05, 3.63) is 84.4 Å². The average molecular weight is 265 g/mol. The van der Waals surface area contributed by atoms with Crippen LogP contribution in [0.3, 0.4) is 0 Å². The molecule has 0 saturated carbocycles. The molecule has 0 amide bonds. The van der Waals surface area contributed by atoms with E-state index in [1.165, 1.54) is 24.3 Å². The number of halogens is 2. The molecule has 0 fully saturated rings. The molecule has 0 atom stereocenters. The summed E-state index contributed by atoms with van der Waals surface area (Å²) in [4.78, 5) is 0. The maximum atomic E-state index is 13.0. The van der Waals surface area contributed by atoms with Crippen LogP contribution in [0.1, 0.15) is 0 Å². The number of rotatable bonds is 2. The van der Waals surface area contributed by atoms with E-state index in [0.29, 0.717) is 0 Å². The van der Waals surface area contributed by atoms with Gasteiger partial charge < -0.3 is 0 Å². The first kappa shape index (κ1) is 12.5. The number of hydrogen-bond acceptors (Lipinski definition) is 0. The molecule has 3 rings (SSSR count). The van der Waals surface area contributed by atoms with Crippen molar-refractivity contribution in [2.45, 2.75) is 0 Å².